The second-order valence-corrected chi connectivity index (χ2v) is 7.71. The molecule has 2 heterocycles. The SMILES string of the molecule is COc1ccc(N2CCN(CCCCc3c[nH]c4ccc(OC)cc34)CC2)cc1. The maximum atomic E-state index is 5.37. The molecule has 0 aliphatic carbocycles. The Labute approximate surface area is 173 Å². The molecule has 0 radical (unpaired) electrons. The third kappa shape index (κ3) is 4.67. The van der Waals surface area contributed by atoms with Gasteiger partial charge >= 0.3 is 0 Å². The lowest BCUT2D eigenvalue weighted by molar-refractivity contribution is 0.253. The predicted molar refractivity (Wildman–Crippen MR) is 119 cm³/mol. The van der Waals surface area contributed by atoms with E-state index < -0.39 is 0 Å². The van der Waals surface area contributed by atoms with E-state index in [1.54, 1.807) is 14.2 Å². The van der Waals surface area contributed by atoms with Crippen LogP contribution in [0.5, 0.6) is 11.5 Å². The van der Waals surface area contributed by atoms with Gasteiger partial charge < -0.3 is 19.4 Å². The monoisotopic (exact) mass is 393 g/mol. The first-order chi connectivity index (χ1) is 14.3. The Bertz CT molecular complexity index is 912. The molecule has 0 saturated carbocycles. The summed E-state index contributed by atoms with van der Waals surface area (Å²) < 4.78 is 10.6. The lowest BCUT2D eigenvalue weighted by atomic mass is 10.1. The Morgan fingerprint density at radius 3 is 2.31 bits per heavy atom. The van der Waals surface area contributed by atoms with Crippen LogP contribution in [-0.2, 0) is 6.42 Å². The number of hydrogen-bond donors (Lipinski definition) is 1. The molecule has 2 aromatic carbocycles. The molecule has 29 heavy (non-hydrogen) atoms. The van der Waals surface area contributed by atoms with Crippen molar-refractivity contribution < 1.29 is 9.47 Å². The van der Waals surface area contributed by atoms with Crippen molar-refractivity contribution in [2.45, 2.75) is 19.3 Å². The molecule has 0 bridgehead atoms. The first-order valence-corrected chi connectivity index (χ1v) is 10.5. The van der Waals surface area contributed by atoms with E-state index in [-0.39, 0.29) is 0 Å². The minimum atomic E-state index is 0.918. The van der Waals surface area contributed by atoms with Gasteiger partial charge in [-0.2, -0.15) is 0 Å². The van der Waals surface area contributed by atoms with Gasteiger partial charge in [0.05, 0.1) is 14.2 Å². The molecule has 1 aliphatic rings. The van der Waals surface area contributed by atoms with Gasteiger partial charge in [0.15, 0.2) is 0 Å². The number of hydrogen-bond acceptors (Lipinski definition) is 4. The molecule has 5 nitrogen and oxygen atoms in total. The largest absolute Gasteiger partial charge is 0.497 e. The van der Waals surface area contributed by atoms with Crippen LogP contribution in [0.15, 0.2) is 48.7 Å². The van der Waals surface area contributed by atoms with E-state index in [2.05, 4.69) is 45.2 Å². The normalized spacial score (nSPS) is 15.0. The fourth-order valence-corrected chi connectivity index (χ4v) is 4.16. The summed E-state index contributed by atoms with van der Waals surface area (Å²) in [6, 6.07) is 14.6. The standard InChI is InChI=1S/C24H31N3O2/c1-28-21-8-6-20(7-9-21)27-15-13-26(14-16-27)12-4-3-5-19-18-25-24-11-10-22(29-2)17-23(19)24/h6-11,17-18,25H,3-5,12-16H2,1-2H3. The van der Waals surface area contributed by atoms with Crippen LogP contribution in [0.1, 0.15) is 18.4 Å². The quantitative estimate of drug-likeness (QED) is 0.579. The third-order valence-corrected chi connectivity index (χ3v) is 5.95. The minimum Gasteiger partial charge on any atom is -0.497 e. The second-order valence-electron chi connectivity index (χ2n) is 7.71. The fourth-order valence-electron chi connectivity index (χ4n) is 4.16. The molecule has 1 aliphatic heterocycles. The van der Waals surface area contributed by atoms with Crippen molar-refractivity contribution in [3.05, 3.63) is 54.2 Å². The summed E-state index contributed by atoms with van der Waals surface area (Å²) in [6.45, 7) is 5.64. The van der Waals surface area contributed by atoms with Crippen molar-refractivity contribution in [1.29, 1.82) is 0 Å². The van der Waals surface area contributed by atoms with Gasteiger partial charge in [-0.05, 0) is 73.8 Å². The van der Waals surface area contributed by atoms with E-state index in [9.17, 15) is 0 Å². The zero-order valence-electron chi connectivity index (χ0n) is 17.5. The molecular weight excluding hydrogens is 362 g/mol. The predicted octanol–water partition coefficient (Wildman–Crippen LogP) is 4.33. The molecule has 5 heteroatoms. The number of piperazine rings is 1. The smallest absolute Gasteiger partial charge is 0.119 e. The molecule has 1 fully saturated rings. The fraction of sp³-hybridized carbons (Fsp3) is 0.417. The number of ether oxygens (including phenoxy) is 2. The molecular formula is C24H31N3O2. The molecule has 0 unspecified atom stereocenters. The van der Waals surface area contributed by atoms with E-state index >= 15 is 0 Å². The Balaban J connectivity index is 1.21. The number of methoxy groups -OCH3 is 2. The number of nitrogens with one attached hydrogen (secondary N) is 1. The summed E-state index contributed by atoms with van der Waals surface area (Å²) in [6.07, 6.45) is 5.71. The number of nitrogens with zero attached hydrogens (tertiary/aromatic N) is 2. The molecule has 4 rings (SSSR count). The topological polar surface area (TPSA) is 40.7 Å². The number of H-pyrrole nitrogens is 1. The maximum absolute atomic E-state index is 5.37. The average molecular weight is 394 g/mol. The van der Waals surface area contributed by atoms with Crippen molar-refractivity contribution >= 4 is 16.6 Å². The number of fused-ring (bicyclic) bond motifs is 1. The summed E-state index contributed by atoms with van der Waals surface area (Å²) in [4.78, 5) is 8.44. The lowest BCUT2D eigenvalue weighted by Crippen LogP contribution is -2.46. The van der Waals surface area contributed by atoms with Gasteiger partial charge in [0, 0.05) is 49.0 Å². The number of benzene rings is 2. The van der Waals surface area contributed by atoms with Gasteiger partial charge in [0.1, 0.15) is 11.5 Å². The van der Waals surface area contributed by atoms with Crippen LogP contribution in [0, 0.1) is 0 Å². The molecule has 1 saturated heterocycles. The van der Waals surface area contributed by atoms with E-state index in [0.717, 1.165) is 44.1 Å². The zero-order chi connectivity index (χ0) is 20.1. The highest BCUT2D eigenvalue weighted by Gasteiger charge is 2.17. The third-order valence-electron chi connectivity index (χ3n) is 5.95. The molecule has 0 spiro atoms. The van der Waals surface area contributed by atoms with E-state index in [0.29, 0.717) is 0 Å². The summed E-state index contributed by atoms with van der Waals surface area (Å²) in [5, 5.41) is 1.29. The zero-order valence-corrected chi connectivity index (χ0v) is 17.5. The molecule has 0 atom stereocenters. The molecule has 0 amide bonds. The van der Waals surface area contributed by atoms with Gasteiger partial charge in [0.2, 0.25) is 0 Å². The highest BCUT2D eigenvalue weighted by molar-refractivity contribution is 5.84. The van der Waals surface area contributed by atoms with Crippen LogP contribution in [0.3, 0.4) is 0 Å². The van der Waals surface area contributed by atoms with E-state index in [1.165, 1.54) is 41.5 Å². The van der Waals surface area contributed by atoms with Crippen LogP contribution >= 0.6 is 0 Å². The number of rotatable bonds is 8. The number of aromatic nitrogens is 1. The molecule has 1 N–H and O–H groups in total. The Morgan fingerprint density at radius 2 is 1.59 bits per heavy atom. The molecule has 1 aromatic heterocycles. The number of anilines is 1. The van der Waals surface area contributed by atoms with Crippen LogP contribution in [-0.4, -0.2) is 56.8 Å². The van der Waals surface area contributed by atoms with Crippen molar-refractivity contribution in [3.63, 3.8) is 0 Å². The number of aryl methyl sites for hydroxylation is 1. The summed E-state index contributed by atoms with van der Waals surface area (Å²) in [7, 11) is 3.44. The summed E-state index contributed by atoms with van der Waals surface area (Å²) in [5.74, 6) is 1.84. The minimum absolute atomic E-state index is 0.918. The molecule has 3 aromatic rings. The van der Waals surface area contributed by atoms with Gasteiger partial charge in [-0.15, -0.1) is 0 Å². The Morgan fingerprint density at radius 1 is 0.862 bits per heavy atom. The average Bonchev–Trinajstić information content (AvgIpc) is 3.19. The van der Waals surface area contributed by atoms with Crippen molar-refractivity contribution in [3.8, 4) is 11.5 Å². The van der Waals surface area contributed by atoms with Gasteiger partial charge in [-0.25, -0.2) is 0 Å². The van der Waals surface area contributed by atoms with E-state index in [1.807, 2.05) is 18.2 Å². The van der Waals surface area contributed by atoms with Crippen molar-refractivity contribution in [2.24, 2.45) is 0 Å². The highest BCUT2D eigenvalue weighted by Crippen LogP contribution is 2.25. The Hall–Kier alpha value is -2.66. The first kappa shape index (κ1) is 19.6. The second kappa shape index (κ2) is 9.23. The van der Waals surface area contributed by atoms with Crippen LogP contribution in [0.2, 0.25) is 0 Å². The Kier molecular flexibility index (Phi) is 6.25. The first-order valence-electron chi connectivity index (χ1n) is 10.5. The van der Waals surface area contributed by atoms with Crippen LogP contribution in [0.4, 0.5) is 5.69 Å². The van der Waals surface area contributed by atoms with Crippen molar-refractivity contribution in [1.82, 2.24) is 9.88 Å². The van der Waals surface area contributed by atoms with Crippen LogP contribution in [0.25, 0.3) is 10.9 Å². The van der Waals surface area contributed by atoms with Crippen LogP contribution < -0.4 is 14.4 Å². The maximum Gasteiger partial charge on any atom is 0.119 e. The number of unbranched alkanes of at least 4 members (excludes halogenated alkanes) is 1. The summed E-state index contributed by atoms with van der Waals surface area (Å²) in [5.41, 5.74) is 3.87. The van der Waals surface area contributed by atoms with Gasteiger partial charge in [-0.1, -0.05) is 0 Å². The van der Waals surface area contributed by atoms with E-state index in [4.69, 9.17) is 9.47 Å². The van der Waals surface area contributed by atoms with Crippen molar-refractivity contribution in [2.75, 3.05) is 51.8 Å². The number of aromatic amines is 1. The van der Waals surface area contributed by atoms with Gasteiger partial charge in [0.25, 0.3) is 0 Å². The van der Waals surface area contributed by atoms with Gasteiger partial charge in [-0.3, -0.25) is 4.90 Å². The lowest BCUT2D eigenvalue weighted by Gasteiger charge is -2.36. The summed E-state index contributed by atoms with van der Waals surface area (Å²) >= 11 is 0. The highest BCUT2D eigenvalue weighted by atomic mass is 16.5. The molecule has 154 valence electrons.